The second-order valence-corrected chi connectivity index (χ2v) is 9.58. The molecule has 0 amide bonds. The third-order valence-electron chi connectivity index (χ3n) is 6.08. The Morgan fingerprint density at radius 3 is 2.52 bits per heavy atom. The van der Waals surface area contributed by atoms with Gasteiger partial charge in [-0.25, -0.2) is 4.79 Å². The maximum atomic E-state index is 14.0. The summed E-state index contributed by atoms with van der Waals surface area (Å²) in [5.74, 6) is -3.92. The highest BCUT2D eigenvalue weighted by atomic mass is 35.5. The van der Waals surface area contributed by atoms with Gasteiger partial charge >= 0.3 is 11.9 Å². The monoisotopic (exact) mass is 505 g/mol. The molecule has 1 N–H and O–H groups in total. The maximum absolute atomic E-state index is 14.0. The zero-order valence-corrected chi connectivity index (χ0v) is 20.4. The molecule has 2 aromatic rings. The number of halogens is 2. The number of methoxy groups -OCH3 is 2. The van der Waals surface area contributed by atoms with Crippen LogP contribution in [0.5, 0.6) is 0 Å². The molecule has 33 heavy (non-hydrogen) atoms. The minimum absolute atomic E-state index is 0.231. The van der Waals surface area contributed by atoms with Crippen LogP contribution in [0.2, 0.25) is 10.0 Å². The summed E-state index contributed by atoms with van der Waals surface area (Å²) in [5.41, 5.74) is 2.23. The van der Waals surface area contributed by atoms with Gasteiger partial charge < -0.3 is 14.8 Å². The molecule has 2 heterocycles. The number of esters is 2. The number of ketones is 1. The van der Waals surface area contributed by atoms with Gasteiger partial charge in [0, 0.05) is 33.7 Å². The molecule has 0 bridgehead atoms. The van der Waals surface area contributed by atoms with E-state index in [0.29, 0.717) is 34.0 Å². The minimum Gasteiger partial charge on any atom is -0.468 e. The largest absolute Gasteiger partial charge is 0.468 e. The quantitative estimate of drug-likeness (QED) is 0.465. The zero-order chi connectivity index (χ0) is 23.9. The van der Waals surface area contributed by atoms with Crippen molar-refractivity contribution in [1.29, 1.82) is 0 Å². The molecular weight excluding hydrogens is 485 g/mol. The Labute approximate surface area is 205 Å². The summed E-state index contributed by atoms with van der Waals surface area (Å²) in [4.78, 5) is 40.5. The summed E-state index contributed by atoms with van der Waals surface area (Å²) in [5, 5.41) is 5.66. The molecule has 1 aromatic carbocycles. The highest BCUT2D eigenvalue weighted by Gasteiger charge is 2.49. The molecule has 0 saturated carbocycles. The fourth-order valence-corrected chi connectivity index (χ4v) is 5.92. The Hall–Kier alpha value is -2.61. The van der Waals surface area contributed by atoms with Crippen LogP contribution in [0, 0.1) is 5.92 Å². The molecule has 172 valence electrons. The number of ether oxygens (including phenoxy) is 2. The van der Waals surface area contributed by atoms with Gasteiger partial charge in [-0.2, -0.15) is 0 Å². The zero-order valence-electron chi connectivity index (χ0n) is 18.1. The summed E-state index contributed by atoms with van der Waals surface area (Å²) in [7, 11) is 2.54. The molecule has 2 aliphatic rings. The number of benzene rings is 1. The first-order valence-corrected chi connectivity index (χ1v) is 11.8. The molecule has 6 nitrogen and oxygen atoms in total. The van der Waals surface area contributed by atoms with E-state index in [-0.39, 0.29) is 16.5 Å². The van der Waals surface area contributed by atoms with Crippen LogP contribution in [-0.2, 0) is 23.9 Å². The molecule has 3 atom stereocenters. The lowest BCUT2D eigenvalue weighted by molar-refractivity contribution is -0.149. The normalized spacial score (nSPS) is 22.6. The van der Waals surface area contributed by atoms with Gasteiger partial charge in [0.15, 0.2) is 5.78 Å². The average molecular weight is 506 g/mol. The van der Waals surface area contributed by atoms with Crippen molar-refractivity contribution in [3.8, 4) is 0 Å². The summed E-state index contributed by atoms with van der Waals surface area (Å²) in [6.45, 7) is 1.75. The first kappa shape index (κ1) is 23.5. The highest BCUT2D eigenvalue weighted by molar-refractivity contribution is 7.10. The first-order chi connectivity index (χ1) is 15.8. The molecule has 0 unspecified atom stereocenters. The van der Waals surface area contributed by atoms with E-state index in [1.165, 1.54) is 25.6 Å². The SMILES string of the molecule is COC(=O)C1=C(C)NC2=C(C(=O)[C@@H](C(=O)OC)[C@H](c3cccs3)C2)[C@@H]1c1cccc(Cl)c1Cl. The number of hydrogen-bond acceptors (Lipinski definition) is 7. The minimum atomic E-state index is -1.05. The Kier molecular flexibility index (Phi) is 6.66. The predicted molar refractivity (Wildman–Crippen MR) is 126 cm³/mol. The van der Waals surface area contributed by atoms with Crippen molar-refractivity contribution in [3.05, 3.63) is 78.7 Å². The molecule has 4 rings (SSSR count). The van der Waals surface area contributed by atoms with Crippen molar-refractivity contribution in [2.75, 3.05) is 14.2 Å². The number of nitrogens with one attached hydrogen (secondary N) is 1. The van der Waals surface area contributed by atoms with Gasteiger partial charge in [-0.15, -0.1) is 11.3 Å². The fourth-order valence-electron chi connectivity index (χ4n) is 4.64. The lowest BCUT2D eigenvalue weighted by Gasteiger charge is -2.39. The standard InChI is InChI=1S/C24H21Cl2NO5S/c1-11-17(23(29)31-2)18(12-6-4-7-14(25)21(12)26)20-15(27-11)10-13(16-8-5-9-33-16)19(22(20)28)24(30)32-3/h4-9,13,18-19,27H,10H2,1-3H3/t13-,18+,19-/m0/s1. The van der Waals surface area contributed by atoms with Crippen LogP contribution in [0.3, 0.4) is 0 Å². The number of carbonyl (C=O) groups excluding carboxylic acids is 3. The molecular formula is C24H21Cl2NO5S. The predicted octanol–water partition coefficient (Wildman–Crippen LogP) is 4.99. The van der Waals surface area contributed by atoms with Crippen LogP contribution in [0.25, 0.3) is 0 Å². The van der Waals surface area contributed by atoms with E-state index in [2.05, 4.69) is 5.32 Å². The van der Waals surface area contributed by atoms with Crippen molar-refractivity contribution < 1.29 is 23.9 Å². The van der Waals surface area contributed by atoms with Gasteiger partial charge in [-0.1, -0.05) is 41.4 Å². The summed E-state index contributed by atoms with van der Waals surface area (Å²) >= 11 is 14.3. The molecule has 1 aliphatic heterocycles. The molecule has 0 spiro atoms. The molecule has 0 fully saturated rings. The fraction of sp³-hybridized carbons (Fsp3) is 0.292. The van der Waals surface area contributed by atoms with E-state index < -0.39 is 29.6 Å². The first-order valence-electron chi connectivity index (χ1n) is 10.2. The number of allylic oxidation sites excluding steroid dienone is 3. The van der Waals surface area contributed by atoms with Gasteiger partial charge in [0.2, 0.25) is 0 Å². The van der Waals surface area contributed by atoms with E-state index in [0.717, 1.165) is 4.88 Å². The van der Waals surface area contributed by atoms with E-state index in [4.69, 9.17) is 32.7 Å². The second-order valence-electron chi connectivity index (χ2n) is 7.81. The highest BCUT2D eigenvalue weighted by Crippen LogP contribution is 2.50. The van der Waals surface area contributed by atoms with Crippen molar-refractivity contribution in [3.63, 3.8) is 0 Å². The van der Waals surface area contributed by atoms with Crippen LogP contribution in [0.1, 0.15) is 35.6 Å². The van der Waals surface area contributed by atoms with Crippen molar-refractivity contribution in [1.82, 2.24) is 5.32 Å². The van der Waals surface area contributed by atoms with Crippen molar-refractivity contribution >= 4 is 52.3 Å². The summed E-state index contributed by atoms with van der Waals surface area (Å²) < 4.78 is 10.1. The smallest absolute Gasteiger partial charge is 0.336 e. The van der Waals surface area contributed by atoms with Crippen LogP contribution >= 0.6 is 34.5 Å². The van der Waals surface area contributed by atoms with Crippen LogP contribution in [0.15, 0.2) is 58.3 Å². The Morgan fingerprint density at radius 1 is 1.12 bits per heavy atom. The molecule has 9 heteroatoms. The van der Waals surface area contributed by atoms with Crippen molar-refractivity contribution in [2.45, 2.75) is 25.2 Å². The number of dihydropyridines is 1. The summed E-state index contributed by atoms with van der Waals surface area (Å²) in [6, 6.07) is 8.84. The topological polar surface area (TPSA) is 81.7 Å². The number of rotatable bonds is 4. The second kappa shape index (κ2) is 9.33. The third-order valence-corrected chi connectivity index (χ3v) is 7.92. The Bertz CT molecular complexity index is 1200. The van der Waals surface area contributed by atoms with E-state index in [9.17, 15) is 14.4 Å². The molecule has 1 aromatic heterocycles. The number of hydrogen-bond donors (Lipinski definition) is 1. The van der Waals surface area contributed by atoms with E-state index >= 15 is 0 Å². The van der Waals surface area contributed by atoms with Gasteiger partial charge in [0.25, 0.3) is 0 Å². The molecule has 1 aliphatic carbocycles. The molecule has 0 saturated heterocycles. The van der Waals surface area contributed by atoms with E-state index in [1.54, 1.807) is 25.1 Å². The van der Waals surface area contributed by atoms with Crippen LogP contribution < -0.4 is 5.32 Å². The lowest BCUT2D eigenvalue weighted by Crippen LogP contribution is -2.43. The van der Waals surface area contributed by atoms with Crippen LogP contribution in [0.4, 0.5) is 0 Å². The van der Waals surface area contributed by atoms with E-state index in [1.807, 2.05) is 17.5 Å². The third kappa shape index (κ3) is 3.98. The van der Waals surface area contributed by atoms with Crippen LogP contribution in [-0.4, -0.2) is 31.9 Å². The van der Waals surface area contributed by atoms with Gasteiger partial charge in [-0.3, -0.25) is 9.59 Å². The lowest BCUT2D eigenvalue weighted by atomic mass is 9.68. The van der Waals surface area contributed by atoms with Crippen molar-refractivity contribution in [2.24, 2.45) is 5.92 Å². The molecule has 0 radical (unpaired) electrons. The Morgan fingerprint density at radius 2 is 1.88 bits per heavy atom. The number of thiophene rings is 1. The average Bonchev–Trinajstić information content (AvgIpc) is 3.34. The maximum Gasteiger partial charge on any atom is 0.336 e. The number of carbonyl (C=O) groups is 3. The van der Waals surface area contributed by atoms with Gasteiger partial charge in [-0.05, 0) is 36.4 Å². The van der Waals surface area contributed by atoms with Gasteiger partial charge in [0.1, 0.15) is 5.92 Å². The Balaban J connectivity index is 1.95. The number of Topliss-reactive ketones (excluding diaryl/α,β-unsaturated/α-hetero) is 1. The summed E-state index contributed by atoms with van der Waals surface area (Å²) in [6.07, 6.45) is 0.391. The van der Waals surface area contributed by atoms with Gasteiger partial charge in [0.05, 0.1) is 29.8 Å².